The Balaban J connectivity index is 2.15. The van der Waals surface area contributed by atoms with E-state index in [9.17, 15) is 0 Å². The summed E-state index contributed by atoms with van der Waals surface area (Å²) in [6.45, 7) is 0. The van der Waals surface area contributed by atoms with E-state index in [4.69, 9.17) is 9.47 Å². The molecule has 0 saturated heterocycles. The first-order chi connectivity index (χ1) is 6.29. The van der Waals surface area contributed by atoms with Gasteiger partial charge in [0.25, 0.3) is 0 Å². The van der Waals surface area contributed by atoms with Gasteiger partial charge in [-0.2, -0.15) is 0 Å². The summed E-state index contributed by atoms with van der Waals surface area (Å²) in [5.74, 6) is 1.50. The van der Waals surface area contributed by atoms with Crippen LogP contribution in [0.4, 0.5) is 0 Å². The molecule has 0 radical (unpaired) electrons. The minimum absolute atomic E-state index is 0.420. The minimum Gasteiger partial charge on any atom is -0.488 e. The van der Waals surface area contributed by atoms with Crippen molar-refractivity contribution < 1.29 is 9.47 Å². The fourth-order valence-corrected chi connectivity index (χ4v) is 1.50. The van der Waals surface area contributed by atoms with Crippen LogP contribution in [0.15, 0.2) is 12.3 Å². The fraction of sp³-hybridized carbons (Fsp3) is 0.444. The van der Waals surface area contributed by atoms with E-state index in [1.165, 1.54) is 12.8 Å². The van der Waals surface area contributed by atoms with Crippen molar-refractivity contribution in [3.63, 3.8) is 0 Å². The molecule has 1 saturated carbocycles. The van der Waals surface area contributed by atoms with Gasteiger partial charge in [0.1, 0.15) is 0 Å². The predicted molar refractivity (Wildman–Crippen MR) is 57.2 cm³/mol. The van der Waals surface area contributed by atoms with Crippen LogP contribution in [0.5, 0.6) is 11.6 Å². The summed E-state index contributed by atoms with van der Waals surface area (Å²) in [4.78, 5) is 4.09. The van der Waals surface area contributed by atoms with Crippen LogP contribution in [-0.2, 0) is 0 Å². The quantitative estimate of drug-likeness (QED) is 0.800. The Morgan fingerprint density at radius 1 is 1.54 bits per heavy atom. The number of methoxy groups -OCH3 is 1. The van der Waals surface area contributed by atoms with Crippen molar-refractivity contribution in [3.8, 4) is 11.6 Å². The fourth-order valence-electron chi connectivity index (χ4n) is 0.965. The Hall–Kier alpha value is -0.520. The van der Waals surface area contributed by atoms with Gasteiger partial charge in [-0.1, -0.05) is 0 Å². The number of nitrogens with zero attached hydrogens (tertiary/aromatic N) is 1. The highest BCUT2D eigenvalue weighted by Gasteiger charge is 2.24. The summed E-state index contributed by atoms with van der Waals surface area (Å²) >= 11 is 2.23. The lowest BCUT2D eigenvalue weighted by Gasteiger charge is -2.06. The Bertz CT molecular complexity index is 312. The number of hydrogen-bond acceptors (Lipinski definition) is 3. The number of pyridine rings is 1. The molecule has 0 N–H and O–H groups in total. The average molecular weight is 291 g/mol. The predicted octanol–water partition coefficient (Wildman–Crippen LogP) is 2.24. The maximum atomic E-state index is 5.63. The van der Waals surface area contributed by atoms with Crippen LogP contribution in [0, 0.1) is 3.57 Å². The van der Waals surface area contributed by atoms with Gasteiger partial charge in [0.15, 0.2) is 5.75 Å². The van der Waals surface area contributed by atoms with Crippen LogP contribution in [0.25, 0.3) is 0 Å². The largest absolute Gasteiger partial charge is 0.488 e. The molecule has 1 fully saturated rings. The maximum absolute atomic E-state index is 5.63. The van der Waals surface area contributed by atoms with Crippen LogP contribution in [0.3, 0.4) is 0 Å². The third kappa shape index (κ3) is 2.24. The van der Waals surface area contributed by atoms with Crippen molar-refractivity contribution in [1.29, 1.82) is 0 Å². The summed E-state index contributed by atoms with van der Waals surface area (Å²) in [7, 11) is 1.61. The van der Waals surface area contributed by atoms with E-state index < -0.39 is 0 Å². The molecule has 0 unspecified atom stereocenters. The van der Waals surface area contributed by atoms with Gasteiger partial charge in [-0.05, 0) is 35.4 Å². The van der Waals surface area contributed by atoms with Crippen molar-refractivity contribution in [2.75, 3.05) is 7.11 Å². The lowest BCUT2D eigenvalue weighted by atomic mass is 10.4. The Labute approximate surface area is 90.6 Å². The van der Waals surface area contributed by atoms with Crippen molar-refractivity contribution in [3.05, 3.63) is 15.8 Å². The number of hydrogen-bond donors (Lipinski definition) is 0. The molecule has 3 nitrogen and oxygen atoms in total. The highest BCUT2D eigenvalue weighted by atomic mass is 127. The zero-order valence-electron chi connectivity index (χ0n) is 7.29. The summed E-state index contributed by atoms with van der Waals surface area (Å²) in [5.41, 5.74) is 0. The zero-order chi connectivity index (χ0) is 9.26. The van der Waals surface area contributed by atoms with E-state index in [1.807, 2.05) is 6.07 Å². The van der Waals surface area contributed by atoms with Crippen LogP contribution in [0.2, 0.25) is 0 Å². The standard InChI is InChI=1S/C9H10INO2/c1-12-9-4-7(10)8(5-11-9)13-6-2-3-6/h4-6H,2-3H2,1H3. The van der Waals surface area contributed by atoms with Gasteiger partial charge in [0, 0.05) is 6.07 Å². The van der Waals surface area contributed by atoms with E-state index in [1.54, 1.807) is 13.3 Å². The lowest BCUT2D eigenvalue weighted by Crippen LogP contribution is -1.99. The molecule has 0 aliphatic heterocycles. The molecule has 70 valence electrons. The van der Waals surface area contributed by atoms with Gasteiger partial charge < -0.3 is 9.47 Å². The van der Waals surface area contributed by atoms with E-state index in [2.05, 4.69) is 27.6 Å². The highest BCUT2D eigenvalue weighted by molar-refractivity contribution is 14.1. The number of rotatable bonds is 3. The average Bonchev–Trinajstić information content (AvgIpc) is 2.92. The van der Waals surface area contributed by atoms with Crippen LogP contribution in [0.1, 0.15) is 12.8 Å². The maximum Gasteiger partial charge on any atom is 0.214 e. The molecule has 2 rings (SSSR count). The Morgan fingerprint density at radius 2 is 2.31 bits per heavy atom. The molecule has 1 heterocycles. The molecule has 0 atom stereocenters. The Kier molecular flexibility index (Phi) is 2.57. The molecule has 1 aliphatic rings. The van der Waals surface area contributed by atoms with Gasteiger partial charge in [-0.25, -0.2) is 4.98 Å². The monoisotopic (exact) mass is 291 g/mol. The van der Waals surface area contributed by atoms with Crippen LogP contribution in [-0.4, -0.2) is 18.2 Å². The van der Waals surface area contributed by atoms with E-state index in [-0.39, 0.29) is 0 Å². The third-order valence-corrected chi connectivity index (χ3v) is 2.66. The van der Waals surface area contributed by atoms with Crippen LogP contribution >= 0.6 is 22.6 Å². The second-order valence-corrected chi connectivity index (χ2v) is 4.14. The number of halogens is 1. The first-order valence-corrected chi connectivity index (χ1v) is 5.23. The molecule has 0 spiro atoms. The minimum atomic E-state index is 0.420. The molecular formula is C9H10INO2. The topological polar surface area (TPSA) is 31.4 Å². The first-order valence-electron chi connectivity index (χ1n) is 4.16. The molecule has 4 heteroatoms. The van der Waals surface area contributed by atoms with E-state index in [0.29, 0.717) is 12.0 Å². The van der Waals surface area contributed by atoms with Gasteiger partial charge in [0.05, 0.1) is 23.0 Å². The second kappa shape index (κ2) is 3.69. The second-order valence-electron chi connectivity index (χ2n) is 2.97. The van der Waals surface area contributed by atoms with Gasteiger partial charge in [-0.15, -0.1) is 0 Å². The SMILES string of the molecule is COc1cc(I)c(OC2CC2)cn1. The molecule has 0 amide bonds. The number of ether oxygens (including phenoxy) is 2. The van der Waals surface area contributed by atoms with E-state index >= 15 is 0 Å². The molecule has 1 aromatic rings. The zero-order valence-corrected chi connectivity index (χ0v) is 9.45. The number of aromatic nitrogens is 1. The summed E-state index contributed by atoms with van der Waals surface area (Å²) in [6.07, 6.45) is 4.48. The molecule has 1 aromatic heterocycles. The first kappa shape index (κ1) is 9.05. The van der Waals surface area contributed by atoms with Crippen molar-refractivity contribution in [2.45, 2.75) is 18.9 Å². The van der Waals surface area contributed by atoms with Gasteiger partial charge in [0.2, 0.25) is 5.88 Å². The van der Waals surface area contributed by atoms with Crippen molar-refractivity contribution in [2.24, 2.45) is 0 Å². The lowest BCUT2D eigenvalue weighted by molar-refractivity contribution is 0.298. The Morgan fingerprint density at radius 3 is 2.85 bits per heavy atom. The normalized spacial score (nSPS) is 15.5. The summed E-state index contributed by atoms with van der Waals surface area (Å²) in [5, 5.41) is 0. The molecule has 0 bridgehead atoms. The third-order valence-electron chi connectivity index (χ3n) is 1.82. The highest BCUT2D eigenvalue weighted by Crippen LogP contribution is 2.30. The van der Waals surface area contributed by atoms with Gasteiger partial charge in [-0.3, -0.25) is 0 Å². The van der Waals surface area contributed by atoms with Crippen molar-refractivity contribution >= 4 is 22.6 Å². The molecular weight excluding hydrogens is 281 g/mol. The van der Waals surface area contributed by atoms with Gasteiger partial charge >= 0.3 is 0 Å². The molecule has 1 aliphatic carbocycles. The van der Waals surface area contributed by atoms with E-state index in [0.717, 1.165) is 9.32 Å². The van der Waals surface area contributed by atoms with Crippen LogP contribution < -0.4 is 9.47 Å². The smallest absolute Gasteiger partial charge is 0.214 e. The van der Waals surface area contributed by atoms with Crippen molar-refractivity contribution in [1.82, 2.24) is 4.98 Å². The summed E-state index contributed by atoms with van der Waals surface area (Å²) in [6, 6.07) is 1.87. The molecule has 13 heavy (non-hydrogen) atoms. The summed E-state index contributed by atoms with van der Waals surface area (Å²) < 4.78 is 11.7. The molecule has 0 aromatic carbocycles.